The number of fused-ring (bicyclic) bond motifs is 2. The number of piperidine rings is 1. The molecule has 0 spiro atoms. The number of hydrogen-bond donors (Lipinski definition) is 0. The molecule has 2 saturated heterocycles. The molecule has 0 aliphatic carbocycles. The highest BCUT2D eigenvalue weighted by Crippen LogP contribution is 2.38. The lowest BCUT2D eigenvalue weighted by Crippen LogP contribution is -2.42. The lowest BCUT2D eigenvalue weighted by Gasteiger charge is -2.35. The molecule has 21 heavy (non-hydrogen) atoms. The quantitative estimate of drug-likeness (QED) is 0.846. The number of carbonyl (C=O) groups excluding carboxylic acids is 1. The van der Waals surface area contributed by atoms with Crippen LogP contribution in [0.15, 0.2) is 12.1 Å². The highest BCUT2D eigenvalue weighted by Gasteiger charge is 2.40. The van der Waals surface area contributed by atoms with Gasteiger partial charge < -0.3 is 4.90 Å². The zero-order valence-corrected chi connectivity index (χ0v) is 13.8. The van der Waals surface area contributed by atoms with Crippen molar-refractivity contribution in [3.05, 3.63) is 34.4 Å². The molecule has 2 heterocycles. The first-order valence-corrected chi connectivity index (χ1v) is 8.27. The summed E-state index contributed by atoms with van der Waals surface area (Å²) in [7, 11) is 2.23. The van der Waals surface area contributed by atoms with Gasteiger partial charge in [0.15, 0.2) is 0 Å². The summed E-state index contributed by atoms with van der Waals surface area (Å²) in [5.74, 6) is 0.758. The summed E-state index contributed by atoms with van der Waals surface area (Å²) < 4.78 is 0. The lowest BCUT2D eigenvalue weighted by molar-refractivity contribution is -0.124. The Morgan fingerprint density at radius 1 is 1.10 bits per heavy atom. The Kier molecular flexibility index (Phi) is 3.92. The lowest BCUT2D eigenvalue weighted by atomic mass is 9.84. The number of nitrogens with zero attached hydrogens (tertiary/aromatic N) is 1. The Hall–Kier alpha value is -1.15. The fourth-order valence-electron chi connectivity index (χ4n) is 4.48. The van der Waals surface area contributed by atoms with Gasteiger partial charge in [-0.15, -0.1) is 0 Å². The summed E-state index contributed by atoms with van der Waals surface area (Å²) in [6.45, 7) is 6.40. The van der Waals surface area contributed by atoms with Gasteiger partial charge in [-0.3, -0.25) is 4.79 Å². The number of rotatable bonds is 3. The van der Waals surface area contributed by atoms with Gasteiger partial charge in [0.05, 0.1) is 0 Å². The van der Waals surface area contributed by atoms with Crippen LogP contribution >= 0.6 is 0 Å². The average molecular weight is 285 g/mol. The van der Waals surface area contributed by atoms with Crippen LogP contribution in [0.1, 0.15) is 47.9 Å². The Morgan fingerprint density at radius 3 is 2.14 bits per heavy atom. The van der Waals surface area contributed by atoms with Gasteiger partial charge in [0.1, 0.15) is 5.78 Å². The molecule has 2 unspecified atom stereocenters. The van der Waals surface area contributed by atoms with E-state index >= 15 is 0 Å². The second-order valence-corrected chi connectivity index (χ2v) is 7.24. The standard InChI is InChI=1S/C19H27NO/c1-12-7-13(2)18(14(3)8-12)11-19(21)15-9-16-5-6-17(10-15)20(16)4/h7-8,15-17H,5-6,9-11H2,1-4H3. The van der Waals surface area contributed by atoms with Crippen LogP contribution in [-0.4, -0.2) is 29.8 Å². The highest BCUT2D eigenvalue weighted by atomic mass is 16.1. The topological polar surface area (TPSA) is 20.3 Å². The van der Waals surface area contributed by atoms with Crippen molar-refractivity contribution in [1.82, 2.24) is 4.90 Å². The third kappa shape index (κ3) is 2.78. The van der Waals surface area contributed by atoms with Crippen LogP contribution in [0.2, 0.25) is 0 Å². The van der Waals surface area contributed by atoms with Gasteiger partial charge in [0, 0.05) is 24.4 Å². The van der Waals surface area contributed by atoms with Gasteiger partial charge in [-0.25, -0.2) is 0 Å². The van der Waals surface area contributed by atoms with Gasteiger partial charge >= 0.3 is 0 Å². The van der Waals surface area contributed by atoms with Gasteiger partial charge in [-0.1, -0.05) is 17.7 Å². The first-order chi connectivity index (χ1) is 9.95. The number of benzene rings is 1. The molecule has 114 valence electrons. The van der Waals surface area contributed by atoms with Gasteiger partial charge in [0.2, 0.25) is 0 Å². The minimum atomic E-state index is 0.291. The molecule has 0 radical (unpaired) electrons. The van der Waals surface area contributed by atoms with Crippen molar-refractivity contribution in [1.29, 1.82) is 0 Å². The summed E-state index contributed by atoms with van der Waals surface area (Å²) in [4.78, 5) is 15.3. The fraction of sp³-hybridized carbons (Fsp3) is 0.632. The number of ketones is 1. The molecule has 1 aromatic rings. The van der Waals surface area contributed by atoms with Crippen LogP contribution in [0, 0.1) is 26.7 Å². The van der Waals surface area contributed by atoms with Crippen molar-refractivity contribution in [2.75, 3.05) is 7.05 Å². The van der Waals surface area contributed by atoms with Crippen molar-refractivity contribution in [3.63, 3.8) is 0 Å². The molecule has 0 aromatic heterocycles. The third-order valence-electron chi connectivity index (χ3n) is 5.74. The number of carbonyl (C=O) groups is 1. The first kappa shape index (κ1) is 14.8. The molecular weight excluding hydrogens is 258 g/mol. The Balaban J connectivity index is 1.73. The largest absolute Gasteiger partial charge is 0.300 e. The van der Waals surface area contributed by atoms with E-state index in [9.17, 15) is 4.79 Å². The molecule has 2 fully saturated rings. The molecule has 0 N–H and O–H groups in total. The predicted molar refractivity (Wildman–Crippen MR) is 86.7 cm³/mol. The summed E-state index contributed by atoms with van der Waals surface area (Å²) in [5, 5.41) is 0. The van der Waals surface area contributed by atoms with E-state index in [0.29, 0.717) is 30.2 Å². The van der Waals surface area contributed by atoms with Gasteiger partial charge in [-0.2, -0.15) is 0 Å². The van der Waals surface area contributed by atoms with Crippen LogP contribution < -0.4 is 0 Å². The number of Topliss-reactive ketones (excluding diaryl/α,β-unsaturated/α-hetero) is 1. The molecule has 2 aliphatic heterocycles. The molecular formula is C19H27NO. The molecule has 2 bridgehead atoms. The van der Waals surface area contributed by atoms with Crippen LogP contribution in [0.25, 0.3) is 0 Å². The van der Waals surface area contributed by atoms with E-state index in [1.807, 2.05) is 0 Å². The second kappa shape index (κ2) is 5.57. The number of hydrogen-bond acceptors (Lipinski definition) is 2. The zero-order chi connectivity index (χ0) is 15.1. The maximum absolute atomic E-state index is 12.8. The predicted octanol–water partition coefficient (Wildman–Crippen LogP) is 3.60. The summed E-state index contributed by atoms with van der Waals surface area (Å²) >= 11 is 0. The van der Waals surface area contributed by atoms with Crippen LogP contribution in [0.5, 0.6) is 0 Å². The van der Waals surface area contributed by atoms with Gasteiger partial charge in [0.25, 0.3) is 0 Å². The van der Waals surface area contributed by atoms with Crippen molar-refractivity contribution in [3.8, 4) is 0 Å². The summed E-state index contributed by atoms with van der Waals surface area (Å²) in [6, 6.07) is 5.71. The summed E-state index contributed by atoms with van der Waals surface area (Å²) in [5.41, 5.74) is 5.10. The van der Waals surface area contributed by atoms with E-state index in [1.165, 1.54) is 35.1 Å². The van der Waals surface area contributed by atoms with E-state index in [2.05, 4.69) is 44.9 Å². The van der Waals surface area contributed by atoms with Crippen molar-refractivity contribution < 1.29 is 4.79 Å². The summed E-state index contributed by atoms with van der Waals surface area (Å²) in [6.07, 6.45) is 5.36. The van der Waals surface area contributed by atoms with Crippen LogP contribution in [0.3, 0.4) is 0 Å². The molecule has 0 amide bonds. The molecule has 3 rings (SSSR count). The molecule has 2 aliphatic rings. The minimum Gasteiger partial charge on any atom is -0.300 e. The Bertz CT molecular complexity index is 526. The first-order valence-electron chi connectivity index (χ1n) is 8.27. The van der Waals surface area contributed by atoms with Crippen molar-refractivity contribution in [2.24, 2.45) is 5.92 Å². The Labute approximate surface area is 128 Å². The number of aryl methyl sites for hydroxylation is 3. The SMILES string of the molecule is Cc1cc(C)c(CC(=O)C2CC3CCC(C2)N3C)c(C)c1. The molecule has 2 heteroatoms. The van der Waals surface area contributed by atoms with E-state index in [1.54, 1.807) is 0 Å². The van der Waals surface area contributed by atoms with E-state index < -0.39 is 0 Å². The van der Waals surface area contributed by atoms with Crippen molar-refractivity contribution >= 4 is 5.78 Å². The minimum absolute atomic E-state index is 0.291. The second-order valence-electron chi connectivity index (χ2n) is 7.24. The molecule has 2 atom stereocenters. The van der Waals surface area contributed by atoms with E-state index in [4.69, 9.17) is 0 Å². The smallest absolute Gasteiger partial charge is 0.140 e. The Morgan fingerprint density at radius 2 is 1.62 bits per heavy atom. The monoisotopic (exact) mass is 285 g/mol. The maximum atomic E-state index is 12.8. The average Bonchev–Trinajstić information content (AvgIpc) is 2.64. The van der Waals surface area contributed by atoms with E-state index in [-0.39, 0.29) is 0 Å². The fourth-order valence-corrected chi connectivity index (χ4v) is 4.48. The normalized spacial score (nSPS) is 28.9. The zero-order valence-electron chi connectivity index (χ0n) is 13.8. The highest BCUT2D eigenvalue weighted by molar-refractivity contribution is 5.84. The molecule has 0 saturated carbocycles. The third-order valence-corrected chi connectivity index (χ3v) is 5.74. The molecule has 2 nitrogen and oxygen atoms in total. The van der Waals surface area contributed by atoms with Crippen LogP contribution in [-0.2, 0) is 11.2 Å². The van der Waals surface area contributed by atoms with Gasteiger partial charge in [-0.05, 0) is 70.2 Å². The maximum Gasteiger partial charge on any atom is 0.140 e. The van der Waals surface area contributed by atoms with Crippen LogP contribution in [0.4, 0.5) is 0 Å². The van der Waals surface area contributed by atoms with E-state index in [0.717, 1.165) is 12.8 Å². The molecule has 1 aromatic carbocycles. The van der Waals surface area contributed by atoms with Crippen molar-refractivity contribution in [2.45, 2.75) is 65.0 Å².